The van der Waals surface area contributed by atoms with Crippen LogP contribution in [0.2, 0.25) is 0 Å². The van der Waals surface area contributed by atoms with E-state index in [2.05, 4.69) is 39.9 Å². The zero-order valence-corrected chi connectivity index (χ0v) is 15.8. The number of benzene rings is 3. The summed E-state index contributed by atoms with van der Waals surface area (Å²) in [6, 6.07) is 26.1. The van der Waals surface area contributed by atoms with Crippen LogP contribution in [-0.4, -0.2) is 17.6 Å². The van der Waals surface area contributed by atoms with Crippen molar-refractivity contribution >= 4 is 22.6 Å². The van der Waals surface area contributed by atoms with E-state index in [1.807, 2.05) is 67.7 Å². The van der Waals surface area contributed by atoms with E-state index in [0.717, 1.165) is 16.8 Å². The molecule has 2 amide bonds. The number of urea groups is 1. The molecule has 0 bridgehead atoms. The van der Waals surface area contributed by atoms with Crippen LogP contribution >= 0.6 is 0 Å². The molecule has 140 valence electrons. The molecule has 0 spiro atoms. The molecule has 3 N–H and O–H groups in total. The second kappa shape index (κ2) is 8.01. The SMILES string of the molecule is Cc1ccccc1NC(=O)NC[C@H](c1ccccc1)c1c[nH]c2ccccc12. The smallest absolute Gasteiger partial charge is 0.319 e. The van der Waals surface area contributed by atoms with Crippen molar-refractivity contribution in [2.75, 3.05) is 11.9 Å². The predicted octanol–water partition coefficient (Wildman–Crippen LogP) is 5.43. The predicted molar refractivity (Wildman–Crippen MR) is 115 cm³/mol. The minimum atomic E-state index is -0.199. The summed E-state index contributed by atoms with van der Waals surface area (Å²) in [6.07, 6.45) is 2.04. The Kier molecular flexibility index (Phi) is 5.11. The maximum Gasteiger partial charge on any atom is 0.319 e. The van der Waals surface area contributed by atoms with Crippen molar-refractivity contribution in [1.82, 2.24) is 10.3 Å². The van der Waals surface area contributed by atoms with E-state index in [4.69, 9.17) is 0 Å². The maximum atomic E-state index is 12.5. The molecule has 0 aliphatic rings. The van der Waals surface area contributed by atoms with Gasteiger partial charge in [0.15, 0.2) is 0 Å². The average Bonchev–Trinajstić information content (AvgIpc) is 3.15. The number of anilines is 1. The number of rotatable bonds is 5. The first-order valence-corrected chi connectivity index (χ1v) is 9.44. The number of amides is 2. The van der Waals surface area contributed by atoms with Gasteiger partial charge in [0.1, 0.15) is 0 Å². The van der Waals surface area contributed by atoms with Crippen LogP contribution in [0.15, 0.2) is 85.1 Å². The van der Waals surface area contributed by atoms with Crippen LogP contribution < -0.4 is 10.6 Å². The van der Waals surface area contributed by atoms with E-state index < -0.39 is 0 Å². The summed E-state index contributed by atoms with van der Waals surface area (Å²) in [6.45, 7) is 2.48. The van der Waals surface area contributed by atoms with Gasteiger partial charge in [-0.2, -0.15) is 0 Å². The Morgan fingerprint density at radius 2 is 1.64 bits per heavy atom. The highest BCUT2D eigenvalue weighted by Crippen LogP contribution is 2.30. The summed E-state index contributed by atoms with van der Waals surface area (Å²) in [4.78, 5) is 15.8. The number of carbonyl (C=O) groups excluding carboxylic acids is 1. The van der Waals surface area contributed by atoms with Crippen LogP contribution in [0.5, 0.6) is 0 Å². The number of hydrogen-bond donors (Lipinski definition) is 3. The first-order valence-electron chi connectivity index (χ1n) is 9.44. The lowest BCUT2D eigenvalue weighted by Crippen LogP contribution is -2.32. The summed E-state index contributed by atoms with van der Waals surface area (Å²) < 4.78 is 0. The molecule has 28 heavy (non-hydrogen) atoms. The van der Waals surface area contributed by atoms with Crippen molar-refractivity contribution in [3.05, 3.63) is 102 Å². The molecule has 1 atom stereocenters. The zero-order valence-electron chi connectivity index (χ0n) is 15.8. The Balaban J connectivity index is 1.57. The minimum Gasteiger partial charge on any atom is -0.361 e. The highest BCUT2D eigenvalue weighted by Gasteiger charge is 2.19. The van der Waals surface area contributed by atoms with Gasteiger partial charge in [0.05, 0.1) is 0 Å². The molecule has 4 rings (SSSR count). The average molecular weight is 369 g/mol. The third kappa shape index (κ3) is 3.76. The second-order valence-corrected chi connectivity index (χ2v) is 6.90. The van der Waals surface area contributed by atoms with Crippen LogP contribution in [0.3, 0.4) is 0 Å². The normalized spacial score (nSPS) is 11.9. The maximum absolute atomic E-state index is 12.5. The molecule has 1 aromatic heterocycles. The van der Waals surface area contributed by atoms with Crippen LogP contribution in [0.4, 0.5) is 10.5 Å². The van der Waals surface area contributed by atoms with Crippen molar-refractivity contribution in [3.8, 4) is 0 Å². The summed E-state index contributed by atoms with van der Waals surface area (Å²) in [5, 5.41) is 7.17. The molecule has 3 aromatic carbocycles. The van der Waals surface area contributed by atoms with Gasteiger partial charge in [-0.3, -0.25) is 0 Å². The molecule has 1 heterocycles. The van der Waals surface area contributed by atoms with E-state index in [0.29, 0.717) is 6.54 Å². The number of aromatic nitrogens is 1. The van der Waals surface area contributed by atoms with Crippen molar-refractivity contribution in [2.24, 2.45) is 0 Å². The van der Waals surface area contributed by atoms with Crippen molar-refractivity contribution in [2.45, 2.75) is 12.8 Å². The van der Waals surface area contributed by atoms with Crippen molar-refractivity contribution < 1.29 is 4.79 Å². The lowest BCUT2D eigenvalue weighted by atomic mass is 9.91. The molecule has 0 unspecified atom stereocenters. The Morgan fingerprint density at radius 3 is 2.46 bits per heavy atom. The van der Waals surface area contributed by atoms with E-state index >= 15 is 0 Å². The first-order chi connectivity index (χ1) is 13.7. The van der Waals surface area contributed by atoms with Crippen molar-refractivity contribution in [3.63, 3.8) is 0 Å². The summed E-state index contributed by atoms with van der Waals surface area (Å²) >= 11 is 0. The van der Waals surface area contributed by atoms with Gasteiger partial charge >= 0.3 is 6.03 Å². The van der Waals surface area contributed by atoms with Crippen LogP contribution in [0, 0.1) is 6.92 Å². The number of H-pyrrole nitrogens is 1. The molecule has 4 heteroatoms. The number of aromatic amines is 1. The Hall–Kier alpha value is -3.53. The van der Waals surface area contributed by atoms with E-state index in [1.165, 1.54) is 16.5 Å². The van der Waals surface area contributed by atoms with Crippen molar-refractivity contribution in [1.29, 1.82) is 0 Å². The summed E-state index contributed by atoms with van der Waals surface area (Å²) in [5.74, 6) is 0.0555. The molecule has 4 nitrogen and oxygen atoms in total. The van der Waals surface area contributed by atoms with Gasteiger partial charge in [-0.1, -0.05) is 66.7 Å². The number of hydrogen-bond acceptors (Lipinski definition) is 1. The standard InChI is InChI=1S/C24H23N3O/c1-17-9-5-7-13-22(17)27-24(28)26-15-20(18-10-3-2-4-11-18)21-16-25-23-14-8-6-12-19(21)23/h2-14,16,20,25H,15H2,1H3,(H2,26,27,28)/t20-/m1/s1. The molecular formula is C24H23N3O. The number of aryl methyl sites for hydroxylation is 1. The van der Waals surface area contributed by atoms with Crippen LogP contribution in [0.1, 0.15) is 22.6 Å². The molecular weight excluding hydrogens is 346 g/mol. The third-order valence-electron chi connectivity index (χ3n) is 5.06. The van der Waals surface area contributed by atoms with E-state index in [1.54, 1.807) is 0 Å². The van der Waals surface area contributed by atoms with E-state index in [9.17, 15) is 4.79 Å². The summed E-state index contributed by atoms with van der Waals surface area (Å²) in [7, 11) is 0. The van der Waals surface area contributed by atoms with Gasteiger partial charge in [-0.05, 0) is 35.7 Å². The molecule has 0 saturated carbocycles. The Morgan fingerprint density at radius 1 is 0.929 bits per heavy atom. The highest BCUT2D eigenvalue weighted by molar-refractivity contribution is 5.90. The van der Waals surface area contributed by atoms with Gasteiger partial charge < -0.3 is 15.6 Å². The minimum absolute atomic E-state index is 0.0555. The topological polar surface area (TPSA) is 56.9 Å². The largest absolute Gasteiger partial charge is 0.361 e. The molecule has 0 radical (unpaired) electrons. The summed E-state index contributed by atoms with van der Waals surface area (Å²) in [5.41, 5.74) is 5.31. The molecule has 0 fully saturated rings. The monoisotopic (exact) mass is 369 g/mol. The number of nitrogens with one attached hydrogen (secondary N) is 3. The Labute approximate surface area is 164 Å². The quantitative estimate of drug-likeness (QED) is 0.432. The van der Waals surface area contributed by atoms with Gasteiger partial charge in [0.25, 0.3) is 0 Å². The van der Waals surface area contributed by atoms with E-state index in [-0.39, 0.29) is 11.9 Å². The lowest BCUT2D eigenvalue weighted by Gasteiger charge is -2.19. The van der Waals surface area contributed by atoms with Gasteiger partial charge in [-0.15, -0.1) is 0 Å². The highest BCUT2D eigenvalue weighted by atomic mass is 16.2. The van der Waals surface area contributed by atoms with Crippen LogP contribution in [0.25, 0.3) is 10.9 Å². The zero-order chi connectivity index (χ0) is 19.3. The second-order valence-electron chi connectivity index (χ2n) is 6.90. The number of carbonyl (C=O) groups is 1. The van der Waals surface area contributed by atoms with Crippen LogP contribution in [-0.2, 0) is 0 Å². The fourth-order valence-electron chi connectivity index (χ4n) is 3.55. The fraction of sp³-hybridized carbons (Fsp3) is 0.125. The first kappa shape index (κ1) is 17.9. The van der Waals surface area contributed by atoms with Gasteiger partial charge in [0.2, 0.25) is 0 Å². The lowest BCUT2D eigenvalue weighted by molar-refractivity contribution is 0.252. The van der Waals surface area contributed by atoms with Gasteiger partial charge in [-0.25, -0.2) is 4.79 Å². The third-order valence-corrected chi connectivity index (χ3v) is 5.06. The molecule has 0 aliphatic heterocycles. The molecule has 0 aliphatic carbocycles. The Bertz CT molecular complexity index is 1090. The number of fused-ring (bicyclic) bond motifs is 1. The molecule has 4 aromatic rings. The number of para-hydroxylation sites is 2. The van der Waals surface area contributed by atoms with Gasteiger partial charge in [0, 0.05) is 35.2 Å². The fourth-order valence-corrected chi connectivity index (χ4v) is 3.55. The molecule has 0 saturated heterocycles.